The lowest BCUT2D eigenvalue weighted by atomic mass is 10.3. The van der Waals surface area contributed by atoms with Crippen LogP contribution in [-0.4, -0.2) is 9.97 Å². The van der Waals surface area contributed by atoms with E-state index >= 15 is 0 Å². The minimum absolute atomic E-state index is 0.229. The molecule has 1 heterocycles. The number of rotatable bonds is 2. The summed E-state index contributed by atoms with van der Waals surface area (Å²) >= 11 is 5.98. The van der Waals surface area contributed by atoms with Crippen LogP contribution in [0.1, 0.15) is 0 Å². The summed E-state index contributed by atoms with van der Waals surface area (Å²) in [6.07, 6.45) is 1.58. The van der Waals surface area contributed by atoms with Crippen molar-refractivity contribution in [2.75, 3.05) is 11.1 Å². The van der Waals surface area contributed by atoms with Gasteiger partial charge in [0.1, 0.15) is 5.82 Å². The Hall–Kier alpha value is -1.81. The maximum atomic E-state index is 5.98. The monoisotopic (exact) mass is 220 g/mol. The van der Waals surface area contributed by atoms with Crippen LogP contribution in [0.25, 0.3) is 0 Å². The summed E-state index contributed by atoms with van der Waals surface area (Å²) in [4.78, 5) is 7.80. The third-order valence-corrected chi connectivity index (χ3v) is 2.14. The first-order chi connectivity index (χ1) is 7.25. The highest BCUT2D eigenvalue weighted by molar-refractivity contribution is 6.33. The van der Waals surface area contributed by atoms with Crippen molar-refractivity contribution < 1.29 is 0 Å². The highest BCUT2D eigenvalue weighted by atomic mass is 35.5. The van der Waals surface area contributed by atoms with E-state index in [1.165, 1.54) is 0 Å². The van der Waals surface area contributed by atoms with E-state index in [4.69, 9.17) is 17.3 Å². The Kier molecular flexibility index (Phi) is 2.69. The number of nitrogens with one attached hydrogen (secondary N) is 1. The fraction of sp³-hybridized carbons (Fsp3) is 0. The molecule has 0 saturated heterocycles. The van der Waals surface area contributed by atoms with Crippen molar-refractivity contribution in [1.29, 1.82) is 0 Å². The molecule has 0 fully saturated rings. The Morgan fingerprint density at radius 3 is 2.73 bits per heavy atom. The molecule has 3 N–H and O–H groups in total. The van der Waals surface area contributed by atoms with Gasteiger partial charge in [-0.15, -0.1) is 0 Å². The van der Waals surface area contributed by atoms with Crippen molar-refractivity contribution >= 4 is 29.1 Å². The molecule has 76 valence electrons. The first-order valence-corrected chi connectivity index (χ1v) is 4.73. The van der Waals surface area contributed by atoms with Crippen LogP contribution in [0.3, 0.4) is 0 Å². The van der Waals surface area contributed by atoms with Gasteiger partial charge in [-0.25, -0.2) is 4.98 Å². The molecule has 1 aromatic heterocycles. The molecular weight excluding hydrogens is 212 g/mol. The predicted octanol–water partition coefficient (Wildman–Crippen LogP) is 2.46. The van der Waals surface area contributed by atoms with Gasteiger partial charge >= 0.3 is 0 Å². The third kappa shape index (κ3) is 2.35. The molecule has 2 rings (SSSR count). The van der Waals surface area contributed by atoms with Gasteiger partial charge in [0.15, 0.2) is 0 Å². The van der Waals surface area contributed by atoms with Crippen LogP contribution in [0.4, 0.5) is 17.5 Å². The average Bonchev–Trinajstić information content (AvgIpc) is 2.22. The molecule has 0 atom stereocenters. The molecule has 0 amide bonds. The van der Waals surface area contributed by atoms with Gasteiger partial charge in [0.25, 0.3) is 0 Å². The van der Waals surface area contributed by atoms with Gasteiger partial charge in [-0.2, -0.15) is 4.98 Å². The molecule has 0 aliphatic heterocycles. The van der Waals surface area contributed by atoms with Crippen molar-refractivity contribution in [2.24, 2.45) is 0 Å². The smallest absolute Gasteiger partial charge is 0.221 e. The molecule has 1 aromatic carbocycles. The lowest BCUT2D eigenvalue weighted by molar-refractivity contribution is 1.18. The number of benzene rings is 1. The maximum absolute atomic E-state index is 5.98. The van der Waals surface area contributed by atoms with Gasteiger partial charge in [-0.05, 0) is 18.2 Å². The normalized spacial score (nSPS) is 9.93. The number of nitrogens with two attached hydrogens (primary N) is 1. The minimum atomic E-state index is 0.229. The van der Waals surface area contributed by atoms with Crippen LogP contribution < -0.4 is 11.1 Å². The van der Waals surface area contributed by atoms with E-state index in [2.05, 4.69) is 15.3 Å². The highest BCUT2D eigenvalue weighted by Gasteiger charge is 2.00. The second-order valence-electron chi connectivity index (χ2n) is 2.90. The Balaban J connectivity index is 2.26. The van der Waals surface area contributed by atoms with E-state index in [1.54, 1.807) is 18.3 Å². The quantitative estimate of drug-likeness (QED) is 0.816. The number of hydrogen-bond donors (Lipinski definition) is 2. The average molecular weight is 221 g/mol. The van der Waals surface area contributed by atoms with E-state index in [9.17, 15) is 0 Å². The summed E-state index contributed by atoms with van der Waals surface area (Å²) in [5.41, 5.74) is 6.24. The molecule has 0 aliphatic carbocycles. The van der Waals surface area contributed by atoms with Crippen LogP contribution in [0.2, 0.25) is 5.02 Å². The number of aromatic nitrogens is 2. The number of halogens is 1. The van der Waals surface area contributed by atoms with Gasteiger partial charge in [0.05, 0.1) is 10.7 Å². The zero-order valence-electron chi connectivity index (χ0n) is 7.81. The maximum Gasteiger partial charge on any atom is 0.221 e. The summed E-state index contributed by atoms with van der Waals surface area (Å²) in [5.74, 6) is 0.850. The van der Waals surface area contributed by atoms with E-state index in [1.807, 2.05) is 18.2 Å². The zero-order chi connectivity index (χ0) is 10.7. The van der Waals surface area contributed by atoms with Crippen molar-refractivity contribution in [2.45, 2.75) is 0 Å². The van der Waals surface area contributed by atoms with Crippen molar-refractivity contribution in [3.63, 3.8) is 0 Å². The van der Waals surface area contributed by atoms with Crippen molar-refractivity contribution in [3.8, 4) is 0 Å². The standard InChI is InChI=1S/C10H9ClN4/c11-7-3-1-2-4-8(7)14-9-5-6-13-10(12)15-9/h1-6H,(H3,12,13,14,15). The summed E-state index contributed by atoms with van der Waals surface area (Å²) in [6.45, 7) is 0. The molecular formula is C10H9ClN4. The van der Waals surface area contributed by atoms with E-state index in [0.29, 0.717) is 10.8 Å². The Morgan fingerprint density at radius 1 is 1.20 bits per heavy atom. The van der Waals surface area contributed by atoms with E-state index < -0.39 is 0 Å². The summed E-state index contributed by atoms with van der Waals surface area (Å²) in [5, 5.41) is 3.68. The summed E-state index contributed by atoms with van der Waals surface area (Å²) in [6, 6.07) is 9.13. The van der Waals surface area contributed by atoms with Gasteiger partial charge < -0.3 is 11.1 Å². The van der Waals surface area contributed by atoms with Gasteiger partial charge in [-0.3, -0.25) is 0 Å². The number of para-hydroxylation sites is 1. The Labute approximate surface area is 92.1 Å². The molecule has 0 radical (unpaired) electrons. The predicted molar refractivity (Wildman–Crippen MR) is 61.2 cm³/mol. The first kappa shape index (κ1) is 9.73. The fourth-order valence-corrected chi connectivity index (χ4v) is 1.33. The molecule has 5 heteroatoms. The van der Waals surface area contributed by atoms with Crippen LogP contribution in [0, 0.1) is 0 Å². The van der Waals surface area contributed by atoms with Crippen molar-refractivity contribution in [1.82, 2.24) is 9.97 Å². The summed E-state index contributed by atoms with van der Waals surface area (Å²) in [7, 11) is 0. The van der Waals surface area contributed by atoms with E-state index in [-0.39, 0.29) is 5.95 Å². The van der Waals surface area contributed by atoms with Gasteiger partial charge in [-0.1, -0.05) is 23.7 Å². The molecule has 4 nitrogen and oxygen atoms in total. The topological polar surface area (TPSA) is 63.8 Å². The molecule has 0 spiro atoms. The number of anilines is 3. The second-order valence-corrected chi connectivity index (χ2v) is 3.31. The lowest BCUT2D eigenvalue weighted by Gasteiger charge is -2.06. The van der Waals surface area contributed by atoms with Crippen LogP contribution in [0.15, 0.2) is 36.5 Å². The molecule has 2 aromatic rings. The first-order valence-electron chi connectivity index (χ1n) is 4.36. The number of nitrogen functional groups attached to an aromatic ring is 1. The SMILES string of the molecule is Nc1nccc(Nc2ccccc2Cl)n1. The lowest BCUT2D eigenvalue weighted by Crippen LogP contribution is -1.99. The molecule has 0 saturated carbocycles. The zero-order valence-corrected chi connectivity index (χ0v) is 8.57. The number of hydrogen-bond acceptors (Lipinski definition) is 4. The Bertz CT molecular complexity index is 472. The van der Waals surface area contributed by atoms with Crippen molar-refractivity contribution in [3.05, 3.63) is 41.6 Å². The third-order valence-electron chi connectivity index (χ3n) is 1.81. The van der Waals surface area contributed by atoms with Crippen LogP contribution >= 0.6 is 11.6 Å². The molecule has 0 aliphatic rings. The fourth-order valence-electron chi connectivity index (χ4n) is 1.14. The molecule has 0 bridgehead atoms. The summed E-state index contributed by atoms with van der Waals surface area (Å²) < 4.78 is 0. The Morgan fingerprint density at radius 2 is 2.00 bits per heavy atom. The largest absolute Gasteiger partial charge is 0.368 e. The van der Waals surface area contributed by atoms with Crippen LogP contribution in [-0.2, 0) is 0 Å². The number of nitrogens with zero attached hydrogens (tertiary/aromatic N) is 2. The van der Waals surface area contributed by atoms with Gasteiger partial charge in [0, 0.05) is 6.20 Å². The van der Waals surface area contributed by atoms with E-state index in [0.717, 1.165) is 5.69 Å². The minimum Gasteiger partial charge on any atom is -0.368 e. The highest BCUT2D eigenvalue weighted by Crippen LogP contribution is 2.23. The van der Waals surface area contributed by atoms with Crippen LogP contribution in [0.5, 0.6) is 0 Å². The molecule has 15 heavy (non-hydrogen) atoms. The van der Waals surface area contributed by atoms with Gasteiger partial charge in [0.2, 0.25) is 5.95 Å². The second kappa shape index (κ2) is 4.14. The molecule has 0 unspecified atom stereocenters.